The predicted octanol–water partition coefficient (Wildman–Crippen LogP) is 2.47. The molecule has 2 rings (SSSR count). The number of benzene rings is 2. The van der Waals surface area contributed by atoms with Gasteiger partial charge in [-0.1, -0.05) is 18.2 Å². The van der Waals surface area contributed by atoms with E-state index in [0.29, 0.717) is 0 Å². The first-order valence-corrected chi connectivity index (χ1v) is 6.03. The Kier molecular flexibility index (Phi) is 4.14. The van der Waals surface area contributed by atoms with Crippen LogP contribution in [-0.2, 0) is 4.79 Å². The summed E-state index contributed by atoms with van der Waals surface area (Å²) >= 11 is 0. The quantitative estimate of drug-likeness (QED) is 0.906. The smallest absolute Gasteiger partial charge is 0.244 e. The molecule has 0 aliphatic carbocycles. The number of nitrogens with two attached hydrogens (primary N) is 1. The van der Waals surface area contributed by atoms with E-state index in [4.69, 9.17) is 11.0 Å². The molecule has 0 bridgehead atoms. The van der Waals surface area contributed by atoms with Crippen molar-refractivity contribution in [1.82, 2.24) is 0 Å². The van der Waals surface area contributed by atoms with E-state index in [1.165, 1.54) is 30.3 Å². The lowest BCUT2D eigenvalue weighted by Gasteiger charge is -2.18. The van der Waals surface area contributed by atoms with Crippen molar-refractivity contribution in [3.8, 4) is 6.07 Å². The average molecular weight is 287 g/mol. The summed E-state index contributed by atoms with van der Waals surface area (Å²) in [6, 6.07) is 9.96. The van der Waals surface area contributed by atoms with Crippen molar-refractivity contribution in [1.29, 1.82) is 5.26 Å². The Balaban J connectivity index is 2.39. The van der Waals surface area contributed by atoms with E-state index in [-0.39, 0.29) is 16.8 Å². The summed E-state index contributed by atoms with van der Waals surface area (Å²) in [5, 5.41) is 11.5. The highest BCUT2D eigenvalue weighted by Crippen LogP contribution is 2.23. The molecular formula is C15H11F2N3O. The van der Waals surface area contributed by atoms with Gasteiger partial charge in [-0.15, -0.1) is 0 Å². The van der Waals surface area contributed by atoms with Crippen LogP contribution in [0.4, 0.5) is 14.5 Å². The third-order valence-electron chi connectivity index (χ3n) is 2.90. The van der Waals surface area contributed by atoms with Crippen molar-refractivity contribution in [2.24, 2.45) is 5.73 Å². The number of hydrogen-bond acceptors (Lipinski definition) is 3. The van der Waals surface area contributed by atoms with Crippen LogP contribution in [0, 0.1) is 23.0 Å². The third kappa shape index (κ3) is 3.15. The number of nitrogens with zero attached hydrogens (tertiary/aromatic N) is 1. The number of hydrogen-bond donors (Lipinski definition) is 2. The summed E-state index contributed by atoms with van der Waals surface area (Å²) in [7, 11) is 0. The second-order valence-electron chi connectivity index (χ2n) is 4.31. The summed E-state index contributed by atoms with van der Waals surface area (Å²) in [5.74, 6) is -2.02. The fraction of sp³-hybridized carbons (Fsp3) is 0.0667. The molecule has 0 heterocycles. The molecular weight excluding hydrogens is 276 g/mol. The van der Waals surface area contributed by atoms with Crippen LogP contribution in [0.1, 0.15) is 17.2 Å². The number of anilines is 1. The molecule has 3 N–H and O–H groups in total. The fourth-order valence-electron chi connectivity index (χ4n) is 1.86. The van der Waals surface area contributed by atoms with Crippen LogP contribution in [0.15, 0.2) is 42.5 Å². The second kappa shape index (κ2) is 6.01. The normalized spacial score (nSPS) is 11.5. The van der Waals surface area contributed by atoms with Crippen LogP contribution in [-0.4, -0.2) is 5.91 Å². The average Bonchev–Trinajstić information content (AvgIpc) is 2.47. The highest BCUT2D eigenvalue weighted by atomic mass is 19.1. The van der Waals surface area contributed by atoms with Crippen molar-refractivity contribution in [2.45, 2.75) is 6.04 Å². The summed E-state index contributed by atoms with van der Waals surface area (Å²) in [6.07, 6.45) is 0. The van der Waals surface area contributed by atoms with Crippen LogP contribution < -0.4 is 11.1 Å². The second-order valence-corrected chi connectivity index (χ2v) is 4.31. The maximum absolute atomic E-state index is 13.6. The van der Waals surface area contributed by atoms with Crippen LogP contribution in [0.3, 0.4) is 0 Å². The molecule has 0 fully saturated rings. The SMILES string of the molecule is N#Cc1cc(C(Nc2ccccc2F)C(N)=O)ccc1F. The number of nitriles is 1. The maximum atomic E-state index is 13.6. The van der Waals surface area contributed by atoms with E-state index < -0.39 is 23.6 Å². The summed E-state index contributed by atoms with van der Waals surface area (Å²) < 4.78 is 26.9. The van der Waals surface area contributed by atoms with Crippen LogP contribution in [0.2, 0.25) is 0 Å². The number of primary amides is 1. The minimum absolute atomic E-state index is 0.0872. The Labute approximate surface area is 119 Å². The largest absolute Gasteiger partial charge is 0.368 e. The summed E-state index contributed by atoms with van der Waals surface area (Å²) in [5.41, 5.74) is 5.45. The lowest BCUT2D eigenvalue weighted by molar-refractivity contribution is -0.118. The van der Waals surface area contributed by atoms with Crippen LogP contribution in [0.25, 0.3) is 0 Å². The third-order valence-corrected chi connectivity index (χ3v) is 2.90. The van der Waals surface area contributed by atoms with Gasteiger partial charge >= 0.3 is 0 Å². The number of carbonyl (C=O) groups excluding carboxylic acids is 1. The molecule has 0 saturated carbocycles. The topological polar surface area (TPSA) is 78.9 Å². The molecule has 1 unspecified atom stereocenters. The molecule has 0 aromatic heterocycles. The Morgan fingerprint density at radius 1 is 1.19 bits per heavy atom. The molecule has 0 aliphatic rings. The number of amides is 1. The molecule has 1 atom stereocenters. The van der Waals surface area contributed by atoms with E-state index in [9.17, 15) is 13.6 Å². The van der Waals surface area contributed by atoms with Crippen molar-refractivity contribution < 1.29 is 13.6 Å². The first-order chi connectivity index (χ1) is 10.0. The Bertz CT molecular complexity index is 725. The molecule has 4 nitrogen and oxygen atoms in total. The number of rotatable bonds is 4. The van der Waals surface area contributed by atoms with E-state index in [0.717, 1.165) is 6.07 Å². The molecule has 0 spiro atoms. The predicted molar refractivity (Wildman–Crippen MR) is 73.1 cm³/mol. The van der Waals surface area contributed by atoms with Gasteiger partial charge in [0.2, 0.25) is 5.91 Å². The molecule has 2 aromatic carbocycles. The van der Waals surface area contributed by atoms with Gasteiger partial charge in [-0.05, 0) is 29.8 Å². The summed E-state index contributed by atoms with van der Waals surface area (Å²) in [6.45, 7) is 0. The number of halogens is 2. The van der Waals surface area contributed by atoms with Crippen molar-refractivity contribution in [2.75, 3.05) is 5.32 Å². The van der Waals surface area contributed by atoms with Crippen LogP contribution in [0.5, 0.6) is 0 Å². The van der Waals surface area contributed by atoms with Gasteiger partial charge in [-0.3, -0.25) is 4.79 Å². The Morgan fingerprint density at radius 2 is 1.90 bits per heavy atom. The van der Waals surface area contributed by atoms with Gasteiger partial charge in [0, 0.05) is 0 Å². The van der Waals surface area contributed by atoms with Gasteiger partial charge in [-0.25, -0.2) is 8.78 Å². The highest BCUT2D eigenvalue weighted by molar-refractivity contribution is 5.84. The van der Waals surface area contributed by atoms with Crippen molar-refractivity contribution in [3.05, 3.63) is 65.2 Å². The van der Waals surface area contributed by atoms with Gasteiger partial charge in [0.05, 0.1) is 11.3 Å². The minimum atomic E-state index is -1.07. The van der Waals surface area contributed by atoms with Gasteiger partial charge < -0.3 is 11.1 Å². The van der Waals surface area contributed by atoms with Gasteiger partial charge in [0.25, 0.3) is 0 Å². The first kappa shape index (κ1) is 14.5. The molecule has 0 saturated heterocycles. The van der Waals surface area contributed by atoms with Crippen LogP contribution >= 0.6 is 0 Å². The zero-order valence-electron chi connectivity index (χ0n) is 10.8. The Morgan fingerprint density at radius 3 is 2.52 bits per heavy atom. The Hall–Kier alpha value is -2.94. The lowest BCUT2D eigenvalue weighted by atomic mass is 10.0. The highest BCUT2D eigenvalue weighted by Gasteiger charge is 2.20. The molecule has 0 radical (unpaired) electrons. The lowest BCUT2D eigenvalue weighted by Crippen LogP contribution is -2.28. The van der Waals surface area contributed by atoms with Gasteiger partial charge in [0.15, 0.2) is 0 Å². The fourth-order valence-corrected chi connectivity index (χ4v) is 1.86. The van der Waals surface area contributed by atoms with Crippen molar-refractivity contribution in [3.63, 3.8) is 0 Å². The van der Waals surface area contributed by atoms with E-state index in [1.807, 2.05) is 0 Å². The zero-order chi connectivity index (χ0) is 15.4. The zero-order valence-corrected chi connectivity index (χ0v) is 10.8. The van der Waals surface area contributed by atoms with Gasteiger partial charge in [-0.2, -0.15) is 5.26 Å². The van der Waals surface area contributed by atoms with Gasteiger partial charge in [0.1, 0.15) is 23.7 Å². The van der Waals surface area contributed by atoms with E-state index in [1.54, 1.807) is 12.1 Å². The van der Waals surface area contributed by atoms with E-state index >= 15 is 0 Å². The minimum Gasteiger partial charge on any atom is -0.368 e. The molecule has 6 heteroatoms. The number of para-hydroxylation sites is 1. The molecule has 1 amide bonds. The number of carbonyl (C=O) groups is 1. The van der Waals surface area contributed by atoms with E-state index in [2.05, 4.69) is 5.32 Å². The molecule has 21 heavy (non-hydrogen) atoms. The monoisotopic (exact) mass is 287 g/mol. The number of nitrogens with one attached hydrogen (secondary N) is 1. The standard InChI is InChI=1S/C15H11F2N3O/c16-11-6-5-9(7-10(11)8-18)14(15(19)21)20-13-4-2-1-3-12(13)17/h1-7,14,20H,(H2,19,21). The maximum Gasteiger partial charge on any atom is 0.244 e. The summed E-state index contributed by atoms with van der Waals surface area (Å²) in [4.78, 5) is 11.6. The van der Waals surface area contributed by atoms with Crippen molar-refractivity contribution >= 4 is 11.6 Å². The molecule has 2 aromatic rings. The first-order valence-electron chi connectivity index (χ1n) is 6.03. The molecule has 0 aliphatic heterocycles. The molecule has 106 valence electrons.